The van der Waals surface area contributed by atoms with E-state index in [4.69, 9.17) is 32.7 Å². The van der Waals surface area contributed by atoms with Gasteiger partial charge in [0.25, 0.3) is 0 Å². The van der Waals surface area contributed by atoms with E-state index < -0.39 is 11.8 Å². The Hall–Kier alpha value is -4.51. The van der Waals surface area contributed by atoms with E-state index in [1.165, 1.54) is 30.2 Å². The Morgan fingerprint density at radius 2 is 1.86 bits per heavy atom. The summed E-state index contributed by atoms with van der Waals surface area (Å²) in [6.45, 7) is 2.99. The number of carbonyl (C=O) groups is 3. The quantitative estimate of drug-likeness (QED) is 0.128. The maximum absolute atomic E-state index is 12.8. The Labute approximate surface area is 258 Å². The number of hydrogen-bond donors (Lipinski definition) is 2. The van der Waals surface area contributed by atoms with Gasteiger partial charge in [-0.1, -0.05) is 41.4 Å². The van der Waals surface area contributed by atoms with Gasteiger partial charge >= 0.3 is 0 Å². The number of fused-ring (bicyclic) bond motifs is 1. The number of halogens is 2. The summed E-state index contributed by atoms with van der Waals surface area (Å²) in [6.07, 6.45) is 4.33. The summed E-state index contributed by atoms with van der Waals surface area (Å²) in [6, 6.07) is 16.1. The van der Waals surface area contributed by atoms with Gasteiger partial charge in [-0.2, -0.15) is 0 Å². The minimum absolute atomic E-state index is 0.0347. The minimum Gasteiger partial charge on any atom is -0.465 e. The van der Waals surface area contributed by atoms with Crippen molar-refractivity contribution in [1.29, 1.82) is 0 Å². The number of aryl methyl sites for hydroxylation is 1. The van der Waals surface area contributed by atoms with Crippen molar-refractivity contribution in [3.8, 4) is 5.75 Å². The van der Waals surface area contributed by atoms with Gasteiger partial charge in [0.15, 0.2) is 6.79 Å². The molecule has 0 bridgehead atoms. The fraction of sp³-hybridized carbons (Fsp3) is 0.194. The molecule has 0 aliphatic rings. The van der Waals surface area contributed by atoms with Gasteiger partial charge in [0.2, 0.25) is 17.7 Å². The molecule has 0 aliphatic carbocycles. The predicted octanol–water partition coefficient (Wildman–Crippen LogP) is 5.55. The first-order valence-corrected chi connectivity index (χ1v) is 13.9. The topological polar surface area (TPSA) is 123 Å². The van der Waals surface area contributed by atoms with E-state index in [0.29, 0.717) is 33.4 Å². The van der Waals surface area contributed by atoms with Crippen LogP contribution >= 0.6 is 23.2 Å². The molecule has 10 nitrogen and oxygen atoms in total. The van der Waals surface area contributed by atoms with Crippen LogP contribution in [0.25, 0.3) is 17.0 Å². The Bertz CT molecular complexity index is 1680. The zero-order valence-electron chi connectivity index (χ0n) is 23.7. The van der Waals surface area contributed by atoms with Crippen LogP contribution in [0.1, 0.15) is 23.7 Å². The molecule has 0 spiro atoms. The molecule has 222 valence electrons. The molecule has 0 atom stereocenters. The highest BCUT2D eigenvalue weighted by Crippen LogP contribution is 2.34. The largest absolute Gasteiger partial charge is 0.465 e. The predicted molar refractivity (Wildman–Crippen MR) is 167 cm³/mol. The average molecular weight is 623 g/mol. The number of anilines is 2. The molecule has 2 heterocycles. The highest BCUT2D eigenvalue weighted by molar-refractivity contribution is 6.38. The van der Waals surface area contributed by atoms with Crippen molar-refractivity contribution in [3.63, 3.8) is 0 Å². The van der Waals surface area contributed by atoms with Gasteiger partial charge in [0.05, 0.1) is 23.9 Å². The number of carbonyl (C=O) groups excluding carboxylic acids is 3. The number of benzene rings is 2. The van der Waals surface area contributed by atoms with Crippen molar-refractivity contribution in [2.45, 2.75) is 20.5 Å². The lowest BCUT2D eigenvalue weighted by Crippen LogP contribution is -2.37. The number of ether oxygens (including phenoxy) is 2. The van der Waals surface area contributed by atoms with E-state index in [1.54, 1.807) is 31.3 Å². The van der Waals surface area contributed by atoms with Crippen molar-refractivity contribution in [3.05, 3.63) is 93.7 Å². The second-order valence-electron chi connectivity index (χ2n) is 9.41. The van der Waals surface area contributed by atoms with Crippen LogP contribution in [0.15, 0.2) is 66.9 Å². The molecule has 0 fully saturated rings. The summed E-state index contributed by atoms with van der Waals surface area (Å²) >= 11 is 13.0. The lowest BCUT2D eigenvalue weighted by atomic mass is 10.2. The van der Waals surface area contributed by atoms with Crippen molar-refractivity contribution in [2.75, 3.05) is 30.6 Å². The van der Waals surface area contributed by atoms with Crippen molar-refractivity contribution in [2.24, 2.45) is 0 Å². The standard InChI is InChI=1S/C31H29Cl2N5O5/c1-19-7-10-22-5-4-6-26(31(22)36-19)43-18-42-17-23-24(32)11-12-25(30(23)33)38(3)29(41)16-35-28(40)14-9-21-8-13-27(34-15-21)37-20(2)39/h4-15H,16-18H2,1-3H3,(H,35,40)(H,34,37,39)/b14-9+. The van der Waals surface area contributed by atoms with Gasteiger partial charge in [-0.05, 0) is 55.0 Å². The molecule has 0 unspecified atom stereocenters. The maximum Gasteiger partial charge on any atom is 0.246 e. The number of likely N-dealkylation sites (N-methyl/N-ethyl adjacent to an activating group) is 1. The van der Waals surface area contributed by atoms with Gasteiger partial charge in [0, 0.05) is 47.9 Å². The van der Waals surface area contributed by atoms with Gasteiger partial charge in [-0.15, -0.1) is 0 Å². The molecule has 2 N–H and O–H groups in total. The number of para-hydroxylation sites is 1. The first kappa shape index (κ1) is 31.4. The summed E-state index contributed by atoms with van der Waals surface area (Å²) < 4.78 is 11.5. The lowest BCUT2D eigenvalue weighted by Gasteiger charge is -2.21. The monoisotopic (exact) mass is 621 g/mol. The van der Waals surface area contributed by atoms with Gasteiger partial charge in [-0.3, -0.25) is 14.4 Å². The van der Waals surface area contributed by atoms with E-state index in [2.05, 4.69) is 20.6 Å². The highest BCUT2D eigenvalue weighted by atomic mass is 35.5. The zero-order chi connectivity index (χ0) is 30.9. The number of nitrogens with zero attached hydrogens (tertiary/aromatic N) is 3. The second kappa shape index (κ2) is 14.6. The summed E-state index contributed by atoms with van der Waals surface area (Å²) in [5.41, 5.74) is 3.14. The molecule has 2 aromatic carbocycles. The molecule has 0 radical (unpaired) electrons. The number of amides is 3. The van der Waals surface area contributed by atoms with Crippen LogP contribution in [0.5, 0.6) is 5.75 Å². The van der Waals surface area contributed by atoms with Crippen molar-refractivity contribution in [1.82, 2.24) is 15.3 Å². The molecule has 43 heavy (non-hydrogen) atoms. The molecular weight excluding hydrogens is 593 g/mol. The normalized spacial score (nSPS) is 11.0. The molecule has 0 aliphatic heterocycles. The van der Waals surface area contributed by atoms with Gasteiger partial charge in [-0.25, -0.2) is 9.97 Å². The number of aromatic nitrogens is 2. The third kappa shape index (κ3) is 8.51. The first-order chi connectivity index (χ1) is 20.6. The lowest BCUT2D eigenvalue weighted by molar-refractivity contribution is -0.122. The second-order valence-corrected chi connectivity index (χ2v) is 10.2. The Kier molecular flexibility index (Phi) is 10.7. The fourth-order valence-electron chi connectivity index (χ4n) is 3.96. The van der Waals surface area contributed by atoms with Crippen LogP contribution < -0.4 is 20.3 Å². The van der Waals surface area contributed by atoms with Crippen molar-refractivity contribution >= 4 is 69.4 Å². The van der Waals surface area contributed by atoms with Crippen LogP contribution in [0.4, 0.5) is 11.5 Å². The van der Waals surface area contributed by atoms with E-state index >= 15 is 0 Å². The number of nitrogens with one attached hydrogen (secondary N) is 2. The van der Waals surface area contributed by atoms with E-state index in [9.17, 15) is 14.4 Å². The van der Waals surface area contributed by atoms with Crippen LogP contribution in [0.2, 0.25) is 10.0 Å². The Balaban J connectivity index is 1.31. The van der Waals surface area contributed by atoms with E-state index in [1.807, 2.05) is 37.3 Å². The number of pyridine rings is 2. The highest BCUT2D eigenvalue weighted by Gasteiger charge is 2.19. The summed E-state index contributed by atoms with van der Waals surface area (Å²) in [4.78, 5) is 46.2. The van der Waals surface area contributed by atoms with E-state index in [-0.39, 0.29) is 30.9 Å². The Morgan fingerprint density at radius 3 is 2.60 bits per heavy atom. The molecule has 12 heteroatoms. The molecule has 0 saturated carbocycles. The SMILES string of the molecule is CC(=O)Nc1ccc(/C=C/C(=O)NCC(=O)N(C)c2ccc(Cl)c(COCOc3cccc4ccc(C)nc34)c2Cl)cn1. The first-order valence-electron chi connectivity index (χ1n) is 13.1. The third-order valence-corrected chi connectivity index (χ3v) is 6.98. The summed E-state index contributed by atoms with van der Waals surface area (Å²) in [5, 5.41) is 6.68. The molecule has 4 rings (SSSR count). The molecular formula is C31H29Cl2N5O5. The maximum atomic E-state index is 12.8. The number of hydrogen-bond acceptors (Lipinski definition) is 7. The van der Waals surface area contributed by atoms with Gasteiger partial charge in [0.1, 0.15) is 17.1 Å². The van der Waals surface area contributed by atoms with Crippen LogP contribution in [-0.4, -0.2) is 48.1 Å². The summed E-state index contributed by atoms with van der Waals surface area (Å²) in [5.74, 6) is -0.113. The average Bonchev–Trinajstić information content (AvgIpc) is 2.98. The molecule has 2 aromatic heterocycles. The van der Waals surface area contributed by atoms with Crippen LogP contribution in [0, 0.1) is 6.92 Å². The zero-order valence-corrected chi connectivity index (χ0v) is 25.2. The molecule has 3 amide bonds. The number of rotatable bonds is 11. The van der Waals surface area contributed by atoms with Crippen molar-refractivity contribution < 1.29 is 23.9 Å². The summed E-state index contributed by atoms with van der Waals surface area (Å²) in [7, 11) is 1.55. The molecule has 0 saturated heterocycles. The fourth-order valence-corrected chi connectivity index (χ4v) is 4.57. The van der Waals surface area contributed by atoms with Crippen LogP contribution in [-0.2, 0) is 25.7 Å². The molecule has 4 aromatic rings. The van der Waals surface area contributed by atoms with E-state index in [0.717, 1.165) is 16.6 Å². The third-order valence-electron chi connectivity index (χ3n) is 6.20. The Morgan fingerprint density at radius 1 is 1.05 bits per heavy atom. The minimum atomic E-state index is -0.472. The van der Waals surface area contributed by atoms with Crippen LogP contribution in [0.3, 0.4) is 0 Å². The van der Waals surface area contributed by atoms with Gasteiger partial charge < -0.3 is 25.0 Å². The smallest absolute Gasteiger partial charge is 0.246 e.